The van der Waals surface area contributed by atoms with Crippen LogP contribution in [-0.2, 0) is 0 Å². The second-order valence-corrected chi connectivity index (χ2v) is 10.8. The predicted octanol–water partition coefficient (Wildman–Crippen LogP) is 10.1. The molecule has 0 atom stereocenters. The van der Waals surface area contributed by atoms with E-state index in [1.165, 1.54) is 33.7 Å². The first-order valence-electron chi connectivity index (χ1n) is 12.8. The molecule has 5 heteroatoms. The van der Waals surface area contributed by atoms with Crippen molar-refractivity contribution in [3.8, 4) is 0 Å². The van der Waals surface area contributed by atoms with Gasteiger partial charge in [-0.15, -0.1) is 23.7 Å². The van der Waals surface area contributed by atoms with Crippen LogP contribution in [0.25, 0.3) is 0 Å². The number of hydrogen-bond acceptors (Lipinski definition) is 2. The summed E-state index contributed by atoms with van der Waals surface area (Å²) in [5, 5.41) is 2.12. The lowest BCUT2D eigenvalue weighted by atomic mass is 10.0. The first-order valence-corrected chi connectivity index (χ1v) is 13.6. The van der Waals surface area contributed by atoms with E-state index in [2.05, 4.69) is 95.0 Å². The lowest BCUT2D eigenvalue weighted by Gasteiger charge is -2.02. The van der Waals surface area contributed by atoms with Gasteiger partial charge in [0, 0.05) is 29.4 Å². The fraction of sp³-hybridized carbons (Fsp3) is 0.375. The highest BCUT2D eigenvalue weighted by molar-refractivity contribution is 7.10. The third-order valence-electron chi connectivity index (χ3n) is 5.43. The molecule has 1 aromatic carbocycles. The highest BCUT2D eigenvalue weighted by Crippen LogP contribution is 2.19. The van der Waals surface area contributed by atoms with E-state index in [1.807, 2.05) is 60.4 Å². The predicted molar refractivity (Wildman–Crippen MR) is 162 cm³/mol. The Morgan fingerprint density at radius 3 is 1.41 bits per heavy atom. The van der Waals surface area contributed by atoms with Crippen LogP contribution in [-0.4, -0.2) is 4.98 Å². The Balaban J connectivity index is 0.000000464. The zero-order valence-corrected chi connectivity index (χ0v) is 25.2. The number of aromatic nitrogens is 2. The maximum absolute atomic E-state index is 12.4. The standard InChI is InChI=1S/C9H11F.2C8H11N.C7H10S.ClH/c1-7(2)8-3-5-9(10)6-4-8;2*1-7(2)8-3-5-9-6-4-8;1-6(2)7-4-3-5-8-7;/h3-7H,1-2H3;2*3-7H,1-2H3;3-6H,1-2H3;1H/p+1. The van der Waals surface area contributed by atoms with Crippen LogP contribution in [0.3, 0.4) is 0 Å². The minimum absolute atomic E-state index is 0. The molecular weight excluding hydrogens is 499 g/mol. The van der Waals surface area contributed by atoms with Gasteiger partial charge < -0.3 is 0 Å². The Morgan fingerprint density at radius 2 is 1.08 bits per heavy atom. The maximum Gasteiger partial charge on any atom is 0.167 e. The van der Waals surface area contributed by atoms with Crippen molar-refractivity contribution in [1.82, 2.24) is 4.98 Å². The zero-order valence-electron chi connectivity index (χ0n) is 23.6. The third kappa shape index (κ3) is 15.3. The van der Waals surface area contributed by atoms with Crippen LogP contribution in [0, 0.1) is 5.82 Å². The summed E-state index contributed by atoms with van der Waals surface area (Å²) < 4.78 is 12.4. The number of nitrogens with zero attached hydrogens (tertiary/aromatic N) is 1. The van der Waals surface area contributed by atoms with Crippen molar-refractivity contribution in [2.45, 2.75) is 79.1 Å². The minimum atomic E-state index is -0.163. The van der Waals surface area contributed by atoms with E-state index in [1.54, 1.807) is 0 Å². The van der Waals surface area contributed by atoms with Crippen LogP contribution in [0.15, 0.2) is 90.8 Å². The molecule has 0 saturated carbocycles. The SMILES string of the molecule is CC(C)c1cc[nH+]cc1.CC(C)c1ccc(F)cc1.CC(C)c1cccs1.CC(C)c1ccncc1.Cl. The summed E-state index contributed by atoms with van der Waals surface area (Å²) in [4.78, 5) is 8.39. The topological polar surface area (TPSA) is 27.0 Å². The smallest absolute Gasteiger partial charge is 0.167 e. The number of pyridine rings is 2. The number of halogens is 2. The number of rotatable bonds is 4. The molecular formula is C32H45ClFN2S+. The van der Waals surface area contributed by atoms with Crippen LogP contribution < -0.4 is 4.98 Å². The minimum Gasteiger partial charge on any atom is -0.265 e. The summed E-state index contributed by atoms with van der Waals surface area (Å²) in [5.74, 6) is 2.28. The fourth-order valence-electron chi connectivity index (χ4n) is 3.00. The van der Waals surface area contributed by atoms with Gasteiger partial charge in [-0.1, -0.05) is 73.6 Å². The van der Waals surface area contributed by atoms with Gasteiger partial charge in [-0.25, -0.2) is 9.37 Å². The molecule has 0 bridgehead atoms. The number of hydrogen-bond donors (Lipinski definition) is 0. The summed E-state index contributed by atoms with van der Waals surface area (Å²) in [6.07, 6.45) is 7.56. The number of thiophene rings is 1. The average Bonchev–Trinajstić information content (AvgIpc) is 3.42. The van der Waals surface area contributed by atoms with Gasteiger partial charge in [0.1, 0.15) is 5.82 Å². The summed E-state index contributed by atoms with van der Waals surface area (Å²) in [6.45, 7) is 17.3. The Morgan fingerprint density at radius 1 is 0.622 bits per heavy atom. The number of benzene rings is 1. The molecule has 202 valence electrons. The molecule has 0 unspecified atom stereocenters. The molecule has 0 aliphatic rings. The monoisotopic (exact) mass is 543 g/mol. The van der Waals surface area contributed by atoms with Crippen molar-refractivity contribution < 1.29 is 9.37 Å². The molecule has 0 saturated heterocycles. The van der Waals surface area contributed by atoms with Gasteiger partial charge in [0.05, 0.1) is 0 Å². The van der Waals surface area contributed by atoms with Crippen molar-refractivity contribution in [1.29, 1.82) is 0 Å². The van der Waals surface area contributed by atoms with Crippen LogP contribution in [0.4, 0.5) is 4.39 Å². The molecule has 0 aliphatic carbocycles. The molecule has 0 fully saturated rings. The Bertz CT molecular complexity index is 990. The highest BCUT2D eigenvalue weighted by Gasteiger charge is 1.98. The van der Waals surface area contributed by atoms with E-state index in [9.17, 15) is 4.39 Å². The van der Waals surface area contributed by atoms with Crippen molar-refractivity contribution >= 4 is 23.7 Å². The molecule has 4 rings (SSSR count). The van der Waals surface area contributed by atoms with Gasteiger partial charge in [-0.3, -0.25) is 4.98 Å². The molecule has 1 N–H and O–H groups in total. The van der Waals surface area contributed by atoms with Gasteiger partial charge in [0.25, 0.3) is 0 Å². The molecule has 0 aliphatic heterocycles. The van der Waals surface area contributed by atoms with E-state index < -0.39 is 0 Å². The second-order valence-electron chi connectivity index (χ2n) is 9.80. The first kappa shape index (κ1) is 34.4. The molecule has 2 nitrogen and oxygen atoms in total. The van der Waals surface area contributed by atoms with Crippen molar-refractivity contribution in [2.75, 3.05) is 0 Å². The molecule has 37 heavy (non-hydrogen) atoms. The first-order chi connectivity index (χ1) is 17.1. The van der Waals surface area contributed by atoms with E-state index in [4.69, 9.17) is 0 Å². The summed E-state index contributed by atoms with van der Waals surface area (Å²) in [5.41, 5.74) is 3.92. The third-order valence-corrected chi connectivity index (χ3v) is 6.61. The number of nitrogens with one attached hydrogen (secondary N) is 1. The van der Waals surface area contributed by atoms with Crippen molar-refractivity contribution in [3.05, 3.63) is 118 Å². The lowest BCUT2D eigenvalue weighted by molar-refractivity contribution is -0.378. The maximum atomic E-state index is 12.4. The number of H-pyrrole nitrogens is 1. The van der Waals surface area contributed by atoms with Crippen LogP contribution in [0.1, 0.15) is 101 Å². The Kier molecular flexibility index (Phi) is 18.2. The molecule has 3 heterocycles. The lowest BCUT2D eigenvalue weighted by Crippen LogP contribution is -1.99. The molecule has 3 aromatic heterocycles. The average molecular weight is 544 g/mol. The van der Waals surface area contributed by atoms with Gasteiger partial charge in [-0.2, -0.15) is 0 Å². The van der Waals surface area contributed by atoms with Crippen LogP contribution in [0.2, 0.25) is 0 Å². The summed E-state index contributed by atoms with van der Waals surface area (Å²) in [7, 11) is 0. The van der Waals surface area contributed by atoms with Gasteiger partial charge in [0.15, 0.2) is 12.4 Å². The fourth-order valence-corrected chi connectivity index (χ4v) is 3.74. The summed E-state index contributed by atoms with van der Waals surface area (Å²) >= 11 is 1.83. The Hall–Kier alpha value is -2.56. The normalized spacial score (nSPS) is 9.97. The number of aromatic amines is 1. The highest BCUT2D eigenvalue weighted by atomic mass is 35.5. The quantitative estimate of drug-likeness (QED) is 0.251. The van der Waals surface area contributed by atoms with Gasteiger partial charge >= 0.3 is 0 Å². The van der Waals surface area contributed by atoms with Crippen LogP contribution >= 0.6 is 23.7 Å². The van der Waals surface area contributed by atoms with Crippen molar-refractivity contribution in [2.24, 2.45) is 0 Å². The van der Waals surface area contributed by atoms with E-state index >= 15 is 0 Å². The molecule has 0 radical (unpaired) electrons. The molecule has 0 spiro atoms. The van der Waals surface area contributed by atoms with Gasteiger partial charge in [-0.05, 0) is 76.1 Å². The summed E-state index contributed by atoms with van der Waals surface area (Å²) in [6, 6.07) is 19.2. The van der Waals surface area contributed by atoms with Gasteiger partial charge in [0.2, 0.25) is 0 Å². The molecule has 0 amide bonds. The van der Waals surface area contributed by atoms with E-state index in [-0.39, 0.29) is 18.2 Å². The Labute approximate surface area is 234 Å². The second kappa shape index (κ2) is 19.5. The van der Waals surface area contributed by atoms with E-state index in [0.717, 1.165) is 0 Å². The molecule has 4 aromatic rings. The van der Waals surface area contributed by atoms with Crippen LogP contribution in [0.5, 0.6) is 0 Å². The van der Waals surface area contributed by atoms with E-state index in [0.29, 0.717) is 23.7 Å². The van der Waals surface area contributed by atoms with Crippen molar-refractivity contribution in [3.63, 3.8) is 0 Å². The zero-order chi connectivity index (χ0) is 26.9. The largest absolute Gasteiger partial charge is 0.265 e.